The molecule has 0 bridgehead atoms. The molecule has 27 heavy (non-hydrogen) atoms. The van der Waals surface area contributed by atoms with Crippen molar-refractivity contribution in [2.24, 2.45) is 0 Å². The smallest absolute Gasteiger partial charge is 0.289 e. The van der Waals surface area contributed by atoms with Crippen LogP contribution in [0, 0.1) is 15.9 Å². The second-order valence-electron chi connectivity index (χ2n) is 5.57. The molecule has 9 heteroatoms. The maximum absolute atomic E-state index is 13.7. The number of oxazole rings is 1. The van der Waals surface area contributed by atoms with Crippen LogP contribution < -0.4 is 5.32 Å². The van der Waals surface area contributed by atoms with Gasteiger partial charge in [0.15, 0.2) is 11.7 Å². The van der Waals surface area contributed by atoms with Crippen molar-refractivity contribution in [3.63, 3.8) is 0 Å². The molecule has 1 heterocycles. The van der Waals surface area contributed by atoms with Gasteiger partial charge < -0.3 is 9.73 Å². The first-order valence-corrected chi connectivity index (χ1v) is 8.25. The largest absolute Gasteiger partial charge is 0.441 e. The molecule has 138 valence electrons. The van der Waals surface area contributed by atoms with Gasteiger partial charge in [-0.3, -0.25) is 14.9 Å². The fourth-order valence-corrected chi connectivity index (χ4v) is 2.57. The fraction of sp³-hybridized carbons (Fsp3) is 0.111. The van der Waals surface area contributed by atoms with Crippen molar-refractivity contribution in [2.75, 3.05) is 5.32 Å². The molecule has 2 aromatic carbocycles. The Morgan fingerprint density at radius 3 is 2.81 bits per heavy atom. The number of rotatable bonds is 6. The highest BCUT2D eigenvalue weighted by molar-refractivity contribution is 6.32. The number of hydrogen-bond donors (Lipinski definition) is 1. The molecule has 0 fully saturated rings. The van der Waals surface area contributed by atoms with Crippen LogP contribution in [0.3, 0.4) is 0 Å². The SMILES string of the molecule is O=C(CCc1ncc(-c2ccccc2F)o1)Nc1ccc(Cl)c([N+](=O)[O-])c1. The molecule has 0 unspecified atom stereocenters. The van der Waals surface area contributed by atoms with Gasteiger partial charge in [-0.05, 0) is 24.3 Å². The maximum atomic E-state index is 13.7. The van der Waals surface area contributed by atoms with Gasteiger partial charge in [-0.15, -0.1) is 0 Å². The van der Waals surface area contributed by atoms with Crippen molar-refractivity contribution < 1.29 is 18.5 Å². The summed E-state index contributed by atoms with van der Waals surface area (Å²) in [4.78, 5) is 26.3. The van der Waals surface area contributed by atoms with Gasteiger partial charge >= 0.3 is 0 Å². The molecule has 1 aromatic heterocycles. The van der Waals surface area contributed by atoms with Crippen LogP contribution in [0.1, 0.15) is 12.3 Å². The number of nitrogens with zero attached hydrogens (tertiary/aromatic N) is 2. The van der Waals surface area contributed by atoms with E-state index < -0.39 is 10.7 Å². The number of nitro groups is 1. The maximum Gasteiger partial charge on any atom is 0.289 e. The highest BCUT2D eigenvalue weighted by Gasteiger charge is 2.15. The van der Waals surface area contributed by atoms with E-state index in [1.807, 2.05) is 0 Å². The Labute approximate surface area is 157 Å². The Morgan fingerprint density at radius 2 is 2.07 bits per heavy atom. The fourth-order valence-electron chi connectivity index (χ4n) is 2.39. The van der Waals surface area contributed by atoms with Crippen molar-refractivity contribution in [3.05, 3.63) is 75.5 Å². The molecule has 0 aliphatic carbocycles. The molecule has 0 saturated carbocycles. The highest BCUT2D eigenvalue weighted by Crippen LogP contribution is 2.27. The molecular weight excluding hydrogens is 377 g/mol. The molecule has 3 aromatic rings. The lowest BCUT2D eigenvalue weighted by atomic mass is 10.2. The first kappa shape index (κ1) is 18.5. The van der Waals surface area contributed by atoms with E-state index in [0.717, 1.165) is 0 Å². The first-order chi connectivity index (χ1) is 12.9. The van der Waals surface area contributed by atoms with Crippen LogP contribution in [0.25, 0.3) is 11.3 Å². The number of amides is 1. The Morgan fingerprint density at radius 1 is 1.30 bits per heavy atom. The monoisotopic (exact) mass is 389 g/mol. The second-order valence-corrected chi connectivity index (χ2v) is 5.98. The van der Waals surface area contributed by atoms with Crippen molar-refractivity contribution >= 4 is 28.9 Å². The average molecular weight is 390 g/mol. The van der Waals surface area contributed by atoms with Crippen LogP contribution >= 0.6 is 11.6 Å². The minimum atomic E-state index is -0.630. The zero-order chi connectivity index (χ0) is 19.4. The van der Waals surface area contributed by atoms with Gasteiger partial charge in [-0.1, -0.05) is 23.7 Å². The number of halogens is 2. The molecule has 7 nitrogen and oxygen atoms in total. The summed E-state index contributed by atoms with van der Waals surface area (Å²) in [6.07, 6.45) is 1.62. The summed E-state index contributed by atoms with van der Waals surface area (Å²) in [5.41, 5.74) is 0.251. The Balaban J connectivity index is 1.61. The van der Waals surface area contributed by atoms with Crippen molar-refractivity contribution in [1.82, 2.24) is 4.98 Å². The topological polar surface area (TPSA) is 98.3 Å². The number of anilines is 1. The standard InChI is InChI=1S/C18H13ClFN3O4/c19-13-6-5-11(9-15(13)23(25)26)22-17(24)7-8-18-21-10-16(27-18)12-3-1-2-4-14(12)20/h1-6,9-10H,7-8H2,(H,22,24). The number of nitrogens with one attached hydrogen (secondary N) is 1. The number of carbonyl (C=O) groups excluding carboxylic acids is 1. The lowest BCUT2D eigenvalue weighted by molar-refractivity contribution is -0.384. The number of hydrogen-bond acceptors (Lipinski definition) is 5. The lowest BCUT2D eigenvalue weighted by Gasteiger charge is -2.05. The average Bonchev–Trinajstić information content (AvgIpc) is 3.10. The number of benzene rings is 2. The molecule has 0 aliphatic rings. The highest BCUT2D eigenvalue weighted by atomic mass is 35.5. The Bertz CT molecular complexity index is 1010. The van der Waals surface area contributed by atoms with Crippen LogP contribution in [-0.2, 0) is 11.2 Å². The first-order valence-electron chi connectivity index (χ1n) is 7.87. The molecule has 0 radical (unpaired) electrons. The summed E-state index contributed by atoms with van der Waals surface area (Å²) in [7, 11) is 0. The van der Waals surface area contributed by atoms with Crippen molar-refractivity contribution in [3.8, 4) is 11.3 Å². The van der Waals surface area contributed by atoms with Crippen LogP contribution in [0.4, 0.5) is 15.8 Å². The van der Waals surface area contributed by atoms with Gasteiger partial charge in [-0.2, -0.15) is 0 Å². The van der Waals surface area contributed by atoms with Gasteiger partial charge in [0, 0.05) is 24.6 Å². The molecule has 1 N–H and O–H groups in total. The van der Waals surface area contributed by atoms with E-state index >= 15 is 0 Å². The van der Waals surface area contributed by atoms with Gasteiger partial charge in [-0.25, -0.2) is 9.37 Å². The summed E-state index contributed by atoms with van der Waals surface area (Å²) < 4.78 is 19.2. The number of nitro benzene ring substituents is 1. The van der Waals surface area contributed by atoms with E-state index in [-0.39, 0.29) is 52.4 Å². The van der Waals surface area contributed by atoms with Crippen LogP contribution in [0.5, 0.6) is 0 Å². The number of aryl methyl sites for hydroxylation is 1. The van der Waals surface area contributed by atoms with Crippen molar-refractivity contribution in [2.45, 2.75) is 12.8 Å². The Hall–Kier alpha value is -3.26. The Kier molecular flexibility index (Phi) is 5.46. The van der Waals surface area contributed by atoms with Crippen LogP contribution in [0.2, 0.25) is 5.02 Å². The molecule has 0 aliphatic heterocycles. The van der Waals surface area contributed by atoms with Gasteiger partial charge in [0.2, 0.25) is 5.91 Å². The molecule has 0 spiro atoms. The van der Waals surface area contributed by atoms with E-state index in [0.29, 0.717) is 0 Å². The van der Waals surface area contributed by atoms with Gasteiger partial charge in [0.1, 0.15) is 10.8 Å². The summed E-state index contributed by atoms with van der Waals surface area (Å²) in [5.74, 6) is -0.248. The third-order valence-electron chi connectivity index (χ3n) is 3.69. The zero-order valence-electron chi connectivity index (χ0n) is 13.8. The third-order valence-corrected chi connectivity index (χ3v) is 4.01. The molecular formula is C18H13ClFN3O4. The van der Waals surface area contributed by atoms with E-state index in [2.05, 4.69) is 10.3 Å². The zero-order valence-corrected chi connectivity index (χ0v) is 14.6. The molecule has 0 saturated heterocycles. The minimum Gasteiger partial charge on any atom is -0.441 e. The molecule has 0 atom stereocenters. The lowest BCUT2D eigenvalue weighted by Crippen LogP contribution is -2.12. The number of aromatic nitrogens is 1. The third kappa shape index (κ3) is 4.48. The molecule has 1 amide bonds. The van der Waals surface area contributed by atoms with E-state index in [4.69, 9.17) is 16.0 Å². The summed E-state index contributed by atoms with van der Waals surface area (Å²) in [6, 6.07) is 10.1. The summed E-state index contributed by atoms with van der Waals surface area (Å²) in [6.45, 7) is 0. The summed E-state index contributed by atoms with van der Waals surface area (Å²) in [5, 5.41) is 13.4. The molecule has 3 rings (SSSR count). The van der Waals surface area contributed by atoms with E-state index in [1.54, 1.807) is 18.2 Å². The summed E-state index contributed by atoms with van der Waals surface area (Å²) >= 11 is 5.73. The van der Waals surface area contributed by atoms with Crippen LogP contribution in [0.15, 0.2) is 53.1 Å². The van der Waals surface area contributed by atoms with Crippen molar-refractivity contribution in [1.29, 1.82) is 0 Å². The number of carbonyl (C=O) groups is 1. The quantitative estimate of drug-likeness (QED) is 0.490. The van der Waals surface area contributed by atoms with Crippen LogP contribution in [-0.4, -0.2) is 15.8 Å². The van der Waals surface area contributed by atoms with E-state index in [9.17, 15) is 19.3 Å². The minimum absolute atomic E-state index is 0.0153. The van der Waals surface area contributed by atoms with E-state index in [1.165, 1.54) is 30.5 Å². The normalized spacial score (nSPS) is 10.6. The predicted octanol–water partition coefficient (Wildman–Crippen LogP) is 4.61. The van der Waals surface area contributed by atoms with Gasteiger partial charge in [0.25, 0.3) is 5.69 Å². The van der Waals surface area contributed by atoms with Gasteiger partial charge in [0.05, 0.1) is 16.7 Å². The second kappa shape index (κ2) is 7.96. The predicted molar refractivity (Wildman–Crippen MR) is 97.0 cm³/mol.